The van der Waals surface area contributed by atoms with E-state index in [2.05, 4.69) is 10.2 Å². The summed E-state index contributed by atoms with van der Waals surface area (Å²) in [6.45, 7) is 13.6. The van der Waals surface area contributed by atoms with E-state index in [1.807, 2.05) is 41.5 Å². The van der Waals surface area contributed by atoms with Crippen LogP contribution in [0, 0.1) is 11.8 Å². The number of carbonyl (C=O) groups excluding carboxylic acids is 2. The number of carbonyl (C=O) groups is 2. The summed E-state index contributed by atoms with van der Waals surface area (Å²) in [5, 5.41) is 7.85. The summed E-state index contributed by atoms with van der Waals surface area (Å²) in [6, 6.07) is 0. The average Bonchev–Trinajstić information content (AvgIpc) is 3.59. The van der Waals surface area contributed by atoms with Gasteiger partial charge in [-0.1, -0.05) is 81.2 Å². The van der Waals surface area contributed by atoms with E-state index in [0.717, 1.165) is 31.4 Å². The van der Waals surface area contributed by atoms with Gasteiger partial charge in [-0.05, 0) is 79.1 Å². The van der Waals surface area contributed by atoms with E-state index >= 15 is 0 Å². The second kappa shape index (κ2) is 22.5. The third-order valence-corrected chi connectivity index (χ3v) is 13.7. The SMILES string of the molecule is ClC(Cl)(Cl)C(Cl)(Cl)Cl.Cn1cc(SCC2CCN(C(=O)OC(C)(C)C)CC2)c(C(F)F)n1.Cn1nc(C(F)F)c(SCC2CCN(C(=O)OC(C)(C)C)CC2)c1Cl. The van der Waals surface area contributed by atoms with Crippen LogP contribution in [0.25, 0.3) is 0 Å². The number of amides is 2. The molecule has 0 radical (unpaired) electrons. The van der Waals surface area contributed by atoms with Crippen molar-refractivity contribution in [1.82, 2.24) is 29.4 Å². The highest BCUT2D eigenvalue weighted by molar-refractivity contribution is 7.99. The van der Waals surface area contributed by atoms with Crippen molar-refractivity contribution < 1.29 is 36.6 Å². The van der Waals surface area contributed by atoms with Gasteiger partial charge in [0.1, 0.15) is 27.7 Å². The topological polar surface area (TPSA) is 94.7 Å². The number of thioether (sulfide) groups is 2. The fraction of sp³-hybridized carbons (Fsp3) is 0.765. The minimum absolute atomic E-state index is 0.145. The Morgan fingerprint density at radius 1 is 0.719 bits per heavy atom. The Balaban J connectivity index is 0.000000331. The summed E-state index contributed by atoms with van der Waals surface area (Å²) in [7, 11) is 3.20. The van der Waals surface area contributed by atoms with Gasteiger partial charge in [-0.3, -0.25) is 9.36 Å². The molecule has 2 saturated heterocycles. The summed E-state index contributed by atoms with van der Waals surface area (Å²) < 4.78 is 61.7. The molecule has 0 atom stereocenters. The van der Waals surface area contributed by atoms with E-state index in [9.17, 15) is 27.2 Å². The molecular weight excluding hydrogens is 945 g/mol. The van der Waals surface area contributed by atoms with Crippen LogP contribution in [0.1, 0.15) is 91.5 Å². The minimum atomic E-state index is -2.64. The molecule has 2 aliphatic rings. The van der Waals surface area contributed by atoms with Gasteiger partial charge in [0, 0.05) is 58.0 Å². The number of ether oxygens (including phenoxy) is 2. The smallest absolute Gasteiger partial charge is 0.410 e. The van der Waals surface area contributed by atoms with Gasteiger partial charge in [0.25, 0.3) is 12.9 Å². The molecule has 0 saturated carbocycles. The largest absolute Gasteiger partial charge is 0.444 e. The zero-order valence-corrected chi connectivity index (χ0v) is 39.7. The van der Waals surface area contributed by atoms with Gasteiger partial charge in [0.2, 0.25) is 7.59 Å². The standard InChI is InChI=1S/C16H24ClF2N3O2S.C16H25F2N3O2S.C2Cl6/c1-16(2,3)24-15(23)22-7-5-10(6-8-22)9-25-12-11(14(18)19)20-21(4)13(12)17;1-16(2,3)23-15(22)21-7-5-11(6-8-21)10-24-12-9-20(4)19-13(12)14(17)18;3-1(4,5)2(6,7)8/h10,14H,5-9H2,1-4H3;9,11,14H,5-8,10H2,1-4H3;. The van der Waals surface area contributed by atoms with Crippen LogP contribution < -0.4 is 0 Å². The number of hydrogen-bond acceptors (Lipinski definition) is 8. The number of likely N-dealkylation sites (tertiary alicyclic amines) is 2. The van der Waals surface area contributed by atoms with E-state index in [4.69, 9.17) is 90.7 Å². The van der Waals surface area contributed by atoms with Gasteiger partial charge < -0.3 is 19.3 Å². The molecule has 328 valence electrons. The van der Waals surface area contributed by atoms with Crippen molar-refractivity contribution in [2.24, 2.45) is 25.9 Å². The number of alkyl halides is 10. The molecule has 10 nitrogen and oxygen atoms in total. The van der Waals surface area contributed by atoms with Gasteiger partial charge in [-0.15, -0.1) is 23.5 Å². The highest BCUT2D eigenvalue weighted by Gasteiger charge is 2.44. The summed E-state index contributed by atoms with van der Waals surface area (Å²) >= 11 is 39.7. The normalized spacial score (nSPS) is 16.3. The van der Waals surface area contributed by atoms with Crippen molar-refractivity contribution in [2.75, 3.05) is 37.7 Å². The van der Waals surface area contributed by atoms with Gasteiger partial charge in [0.15, 0.2) is 0 Å². The maximum atomic E-state index is 13.1. The third-order valence-electron chi connectivity index (χ3n) is 7.99. The van der Waals surface area contributed by atoms with Gasteiger partial charge in [0.05, 0.1) is 9.79 Å². The van der Waals surface area contributed by atoms with Gasteiger partial charge in [-0.25, -0.2) is 27.2 Å². The Labute approximate surface area is 375 Å². The van der Waals surface area contributed by atoms with Crippen molar-refractivity contribution >= 4 is 117 Å². The molecule has 0 aromatic carbocycles. The lowest BCUT2D eigenvalue weighted by Crippen LogP contribution is -2.42. The van der Waals surface area contributed by atoms with Crippen LogP contribution in [0.3, 0.4) is 0 Å². The van der Waals surface area contributed by atoms with E-state index in [1.165, 1.54) is 32.9 Å². The quantitative estimate of drug-likeness (QED) is 0.147. The van der Waals surface area contributed by atoms with E-state index in [1.54, 1.807) is 30.1 Å². The Bertz CT molecular complexity index is 1570. The zero-order chi connectivity index (χ0) is 43.7. The summed E-state index contributed by atoms with van der Waals surface area (Å²) in [5.41, 5.74) is -1.40. The Hall–Kier alpha value is -0.590. The predicted molar refractivity (Wildman–Crippen MR) is 224 cm³/mol. The first-order valence-electron chi connectivity index (χ1n) is 17.7. The molecule has 57 heavy (non-hydrogen) atoms. The van der Waals surface area contributed by atoms with Crippen molar-refractivity contribution in [3.05, 3.63) is 22.7 Å². The Kier molecular flexibility index (Phi) is 20.7. The highest BCUT2D eigenvalue weighted by Crippen LogP contribution is 2.48. The number of nitrogens with zero attached hydrogens (tertiary/aromatic N) is 6. The third kappa shape index (κ3) is 18.5. The number of rotatable bonds is 8. The molecule has 4 heterocycles. The Morgan fingerprint density at radius 3 is 1.46 bits per heavy atom. The van der Waals surface area contributed by atoms with E-state index in [0.29, 0.717) is 53.6 Å². The minimum Gasteiger partial charge on any atom is -0.444 e. The van der Waals surface area contributed by atoms with Crippen molar-refractivity contribution in [3.63, 3.8) is 0 Å². The fourth-order valence-corrected chi connectivity index (χ4v) is 7.97. The Morgan fingerprint density at radius 2 is 1.11 bits per heavy atom. The number of hydrogen-bond donors (Lipinski definition) is 0. The van der Waals surface area contributed by atoms with Gasteiger partial charge in [-0.2, -0.15) is 10.2 Å². The molecule has 2 aliphatic heterocycles. The monoisotopic (exact) mass is 990 g/mol. The van der Waals surface area contributed by atoms with Crippen LogP contribution in [0.2, 0.25) is 5.15 Å². The first-order valence-corrected chi connectivity index (χ1v) is 22.3. The summed E-state index contributed by atoms with van der Waals surface area (Å²) in [5.74, 6) is 2.17. The average molecular weight is 994 g/mol. The van der Waals surface area contributed by atoms with Crippen LogP contribution in [-0.2, 0) is 23.6 Å². The molecule has 0 aliphatic carbocycles. The second-order valence-electron chi connectivity index (χ2n) is 15.2. The maximum Gasteiger partial charge on any atom is 0.410 e. The van der Waals surface area contributed by atoms with E-state index < -0.39 is 31.6 Å². The predicted octanol–water partition coefficient (Wildman–Crippen LogP) is 12.6. The molecule has 4 rings (SSSR count). The number of aromatic nitrogens is 4. The molecule has 2 fully saturated rings. The zero-order valence-electron chi connectivity index (χ0n) is 32.7. The maximum absolute atomic E-state index is 13.1. The van der Waals surface area contributed by atoms with E-state index in [-0.39, 0.29) is 28.7 Å². The van der Waals surface area contributed by atoms with Crippen LogP contribution in [-0.4, -0.2) is 98.0 Å². The first kappa shape index (κ1) is 52.5. The van der Waals surface area contributed by atoms with Crippen LogP contribution in [0.5, 0.6) is 0 Å². The van der Waals surface area contributed by atoms with Crippen LogP contribution >= 0.6 is 105 Å². The molecule has 0 unspecified atom stereocenters. The van der Waals surface area contributed by atoms with Crippen LogP contribution in [0.15, 0.2) is 16.0 Å². The lowest BCUT2D eigenvalue weighted by Gasteiger charge is -2.33. The number of aryl methyl sites for hydroxylation is 2. The molecule has 23 heteroatoms. The highest BCUT2D eigenvalue weighted by atomic mass is 35.6. The van der Waals surface area contributed by atoms with Crippen molar-refractivity contribution in [3.8, 4) is 0 Å². The molecule has 2 amide bonds. The lowest BCUT2D eigenvalue weighted by molar-refractivity contribution is 0.0180. The first-order chi connectivity index (χ1) is 26.0. The molecule has 0 spiro atoms. The van der Waals surface area contributed by atoms with Crippen molar-refractivity contribution in [1.29, 1.82) is 0 Å². The fourth-order valence-electron chi connectivity index (χ4n) is 5.15. The second-order valence-corrected chi connectivity index (χ2v) is 22.2. The lowest BCUT2D eigenvalue weighted by atomic mass is 9.99. The van der Waals surface area contributed by atoms with Crippen molar-refractivity contribution in [2.45, 2.75) is 109 Å². The number of piperidine rings is 2. The molecule has 2 aromatic rings. The van der Waals surface area contributed by atoms with Gasteiger partial charge >= 0.3 is 12.2 Å². The molecule has 0 bridgehead atoms. The molecule has 2 aromatic heterocycles. The number of halogens is 11. The molecular formula is C34H49Cl7F4N6O4S2. The summed E-state index contributed by atoms with van der Waals surface area (Å²) in [6.07, 6.45) is -0.787. The van der Waals surface area contributed by atoms with Crippen LogP contribution in [0.4, 0.5) is 27.2 Å². The molecule has 0 N–H and O–H groups in total. The summed E-state index contributed by atoms with van der Waals surface area (Å²) in [4.78, 5) is 28.4.